The van der Waals surface area contributed by atoms with Crippen LogP contribution in [0, 0.1) is 0 Å². The van der Waals surface area contributed by atoms with E-state index in [1.165, 1.54) is 15.7 Å². The molecule has 0 fully saturated rings. The van der Waals surface area contributed by atoms with E-state index in [0.29, 0.717) is 28.8 Å². The molecule has 3 heterocycles. The van der Waals surface area contributed by atoms with Crippen molar-refractivity contribution in [3.63, 3.8) is 0 Å². The van der Waals surface area contributed by atoms with Crippen LogP contribution in [0.4, 0.5) is 5.95 Å². The lowest BCUT2D eigenvalue weighted by Gasteiger charge is -2.17. The number of fused-ring (bicyclic) bond motifs is 1. The van der Waals surface area contributed by atoms with E-state index in [2.05, 4.69) is 15.1 Å². The van der Waals surface area contributed by atoms with E-state index < -0.39 is 0 Å². The lowest BCUT2D eigenvalue weighted by Crippen LogP contribution is -2.27. The molecule has 1 amide bonds. The number of nitrogens with zero attached hydrogens (tertiary/aromatic N) is 5. The Morgan fingerprint density at radius 2 is 2.07 bits per heavy atom. The predicted octanol–water partition coefficient (Wildman–Crippen LogP) is 2.89. The van der Waals surface area contributed by atoms with Gasteiger partial charge in [0.2, 0.25) is 11.8 Å². The highest BCUT2D eigenvalue weighted by Crippen LogP contribution is 2.20. The summed E-state index contributed by atoms with van der Waals surface area (Å²) in [7, 11) is 1.67. The van der Waals surface area contributed by atoms with Crippen molar-refractivity contribution in [2.24, 2.45) is 0 Å². The number of hydrogen-bond donors (Lipinski definition) is 1. The zero-order chi connectivity index (χ0) is 19.0. The number of halogens is 1. The first-order valence-electron chi connectivity index (χ1n) is 8.09. The van der Waals surface area contributed by atoms with Gasteiger partial charge in [0.1, 0.15) is 5.69 Å². The number of amides is 1. The van der Waals surface area contributed by atoms with Gasteiger partial charge in [0.15, 0.2) is 11.4 Å². The summed E-state index contributed by atoms with van der Waals surface area (Å²) in [6.07, 6.45) is 1.53. The first kappa shape index (κ1) is 17.0. The third-order valence-electron chi connectivity index (χ3n) is 4.02. The van der Waals surface area contributed by atoms with Crippen LogP contribution in [0.3, 0.4) is 0 Å². The van der Waals surface area contributed by atoms with Gasteiger partial charge in [-0.05, 0) is 23.8 Å². The Kier molecular flexibility index (Phi) is 4.25. The lowest BCUT2D eigenvalue weighted by atomic mass is 10.2. The fourth-order valence-electron chi connectivity index (χ4n) is 2.68. The normalized spacial score (nSPS) is 11.0. The quantitative estimate of drug-likeness (QED) is 0.582. The van der Waals surface area contributed by atoms with Crippen LogP contribution in [0.2, 0.25) is 5.02 Å². The van der Waals surface area contributed by atoms with Crippen molar-refractivity contribution in [3.05, 3.63) is 65.0 Å². The molecule has 0 saturated carbocycles. The number of nitrogen functional groups attached to an aromatic ring is 1. The first-order valence-corrected chi connectivity index (χ1v) is 8.47. The second-order valence-corrected chi connectivity index (χ2v) is 6.34. The second kappa shape index (κ2) is 6.73. The van der Waals surface area contributed by atoms with Crippen LogP contribution in [-0.2, 0) is 6.54 Å². The highest BCUT2D eigenvalue weighted by molar-refractivity contribution is 6.31. The second-order valence-electron chi connectivity index (χ2n) is 5.93. The van der Waals surface area contributed by atoms with E-state index in [-0.39, 0.29) is 17.5 Å². The molecule has 1 aromatic carbocycles. The average molecular weight is 383 g/mol. The van der Waals surface area contributed by atoms with Gasteiger partial charge in [0.25, 0.3) is 5.91 Å². The number of furan rings is 1. The molecule has 0 atom stereocenters. The topological polar surface area (TPSA) is 103 Å². The summed E-state index contributed by atoms with van der Waals surface area (Å²) < 4.78 is 6.66. The first-order chi connectivity index (χ1) is 13.0. The molecule has 2 N–H and O–H groups in total. The highest BCUT2D eigenvalue weighted by Gasteiger charge is 2.19. The summed E-state index contributed by atoms with van der Waals surface area (Å²) in [6.45, 7) is 0.343. The van der Waals surface area contributed by atoms with E-state index in [9.17, 15) is 4.79 Å². The third kappa shape index (κ3) is 3.22. The third-order valence-corrected chi connectivity index (χ3v) is 4.39. The minimum Gasteiger partial charge on any atom is -0.461 e. The Morgan fingerprint density at radius 3 is 2.81 bits per heavy atom. The van der Waals surface area contributed by atoms with Crippen LogP contribution < -0.4 is 5.73 Å². The number of carbonyl (C=O) groups excluding carboxylic acids is 1. The van der Waals surface area contributed by atoms with Crippen molar-refractivity contribution >= 4 is 29.1 Å². The molecule has 0 unspecified atom stereocenters. The number of carbonyl (C=O) groups is 1. The minimum absolute atomic E-state index is 0.0623. The molecule has 3 aromatic heterocycles. The Morgan fingerprint density at radius 1 is 1.26 bits per heavy atom. The van der Waals surface area contributed by atoms with Crippen LogP contribution in [0.5, 0.6) is 0 Å². The maximum Gasteiger partial charge on any atom is 0.272 e. The summed E-state index contributed by atoms with van der Waals surface area (Å²) in [5, 5.41) is 4.86. The average Bonchev–Trinajstić information content (AvgIpc) is 3.32. The minimum atomic E-state index is -0.299. The van der Waals surface area contributed by atoms with E-state index in [1.54, 1.807) is 31.3 Å². The molecule has 136 valence electrons. The Balaban J connectivity index is 1.64. The molecule has 0 radical (unpaired) electrons. The van der Waals surface area contributed by atoms with Crippen molar-refractivity contribution in [1.82, 2.24) is 24.5 Å². The van der Waals surface area contributed by atoms with Crippen molar-refractivity contribution in [3.8, 4) is 11.6 Å². The Labute approximate surface area is 159 Å². The smallest absolute Gasteiger partial charge is 0.272 e. The van der Waals surface area contributed by atoms with Gasteiger partial charge in [-0.25, -0.2) is 9.97 Å². The Hall–Kier alpha value is -3.39. The van der Waals surface area contributed by atoms with E-state index in [1.807, 2.05) is 18.2 Å². The predicted molar refractivity (Wildman–Crippen MR) is 100 cm³/mol. The van der Waals surface area contributed by atoms with E-state index in [0.717, 1.165) is 5.56 Å². The summed E-state index contributed by atoms with van der Waals surface area (Å²) >= 11 is 6.17. The molecule has 9 heteroatoms. The van der Waals surface area contributed by atoms with Crippen molar-refractivity contribution in [1.29, 1.82) is 0 Å². The van der Waals surface area contributed by atoms with Gasteiger partial charge in [0.05, 0.1) is 6.26 Å². The summed E-state index contributed by atoms with van der Waals surface area (Å²) in [5.74, 6) is 0.628. The Bertz CT molecular complexity index is 1120. The monoisotopic (exact) mass is 382 g/mol. The summed E-state index contributed by atoms with van der Waals surface area (Å²) in [4.78, 5) is 22.8. The van der Waals surface area contributed by atoms with Gasteiger partial charge in [-0.3, -0.25) is 4.79 Å². The molecule has 27 heavy (non-hydrogen) atoms. The summed E-state index contributed by atoms with van der Waals surface area (Å²) in [5.41, 5.74) is 7.38. The molecule has 8 nitrogen and oxygen atoms in total. The molecular formula is C18H15ClN6O2. The molecule has 0 aliphatic carbocycles. The van der Waals surface area contributed by atoms with Gasteiger partial charge in [-0.1, -0.05) is 29.8 Å². The lowest BCUT2D eigenvalue weighted by molar-refractivity contribution is 0.0779. The molecule has 0 aliphatic heterocycles. The molecule has 4 rings (SSSR count). The number of benzene rings is 1. The molecule has 0 saturated heterocycles. The molecule has 0 aliphatic rings. The van der Waals surface area contributed by atoms with Crippen molar-refractivity contribution < 1.29 is 9.21 Å². The SMILES string of the molecule is CN(Cc1ccccc1Cl)C(=O)c1cc2nc(-c3ccco3)nn2c(N)n1. The number of rotatable bonds is 4. The van der Waals surface area contributed by atoms with Crippen LogP contribution in [0.25, 0.3) is 17.2 Å². The van der Waals surface area contributed by atoms with Crippen LogP contribution in [0.15, 0.2) is 53.1 Å². The van der Waals surface area contributed by atoms with Gasteiger partial charge < -0.3 is 15.1 Å². The van der Waals surface area contributed by atoms with Crippen LogP contribution in [0.1, 0.15) is 16.1 Å². The van der Waals surface area contributed by atoms with Crippen molar-refractivity contribution in [2.75, 3.05) is 12.8 Å². The largest absolute Gasteiger partial charge is 0.461 e. The van der Waals surface area contributed by atoms with Gasteiger partial charge in [0, 0.05) is 24.7 Å². The molecule has 0 spiro atoms. The molecule has 4 aromatic rings. The fourth-order valence-corrected chi connectivity index (χ4v) is 2.88. The van der Waals surface area contributed by atoms with Crippen LogP contribution in [-0.4, -0.2) is 37.4 Å². The number of anilines is 1. The highest BCUT2D eigenvalue weighted by atomic mass is 35.5. The fraction of sp³-hybridized carbons (Fsp3) is 0.111. The number of aromatic nitrogens is 4. The maximum absolute atomic E-state index is 12.8. The standard InChI is InChI=1S/C18H15ClN6O2/c1-24(10-11-5-2-3-6-12(11)19)17(26)13-9-15-22-16(14-7-4-8-27-14)23-25(15)18(20)21-13/h2-9H,10H2,1H3,(H2,20,21). The maximum atomic E-state index is 12.8. The van der Waals surface area contributed by atoms with Gasteiger partial charge in [-0.15, -0.1) is 5.10 Å². The van der Waals surface area contributed by atoms with Crippen molar-refractivity contribution in [2.45, 2.75) is 6.54 Å². The number of hydrogen-bond acceptors (Lipinski definition) is 6. The van der Waals surface area contributed by atoms with E-state index in [4.69, 9.17) is 21.8 Å². The zero-order valence-electron chi connectivity index (χ0n) is 14.3. The van der Waals surface area contributed by atoms with Crippen LogP contribution >= 0.6 is 11.6 Å². The van der Waals surface area contributed by atoms with Gasteiger partial charge >= 0.3 is 0 Å². The number of nitrogens with two attached hydrogens (primary N) is 1. The van der Waals surface area contributed by atoms with Gasteiger partial charge in [-0.2, -0.15) is 4.52 Å². The summed E-state index contributed by atoms with van der Waals surface area (Å²) in [6, 6.07) is 12.4. The van der Waals surface area contributed by atoms with E-state index >= 15 is 0 Å². The zero-order valence-corrected chi connectivity index (χ0v) is 15.1. The molecular weight excluding hydrogens is 368 g/mol. The molecule has 0 bridgehead atoms.